The van der Waals surface area contributed by atoms with E-state index < -0.39 is 24.6 Å². The lowest BCUT2D eigenvalue weighted by atomic mass is 9.97. The highest BCUT2D eigenvalue weighted by atomic mass is 16.7. The second-order valence-electron chi connectivity index (χ2n) is 7.50. The summed E-state index contributed by atoms with van der Waals surface area (Å²) >= 11 is 0. The predicted molar refractivity (Wildman–Crippen MR) is 105 cm³/mol. The molecule has 0 radical (unpaired) electrons. The highest BCUT2D eigenvalue weighted by molar-refractivity contribution is 5.26. The summed E-state index contributed by atoms with van der Waals surface area (Å²) in [6.45, 7) is 6.66. The van der Waals surface area contributed by atoms with Crippen LogP contribution in [-0.4, -0.2) is 55.6 Å². The monoisotopic (exact) mass is 394 g/mol. The molecule has 6 heteroatoms. The first-order valence-electron chi connectivity index (χ1n) is 10.6. The molecule has 3 unspecified atom stereocenters. The highest BCUT2D eigenvalue weighted by Gasteiger charge is 2.48. The van der Waals surface area contributed by atoms with Crippen molar-refractivity contribution in [2.75, 3.05) is 19.8 Å². The van der Waals surface area contributed by atoms with E-state index >= 15 is 0 Å². The standard InChI is InChI=1S/C22H34O6/c1-3-5-11-25-19-18-15-24-13-16-9-7-8-10-17(16)14-27-20(19)21(22(23)28-18)26-12-6-4-2/h7-10,18-23H,3-6,11-15H2,1-2H3/t18?,19-,20?,21?,22-/m1/s1. The first-order valence-corrected chi connectivity index (χ1v) is 10.6. The van der Waals surface area contributed by atoms with Gasteiger partial charge in [-0.05, 0) is 24.0 Å². The smallest absolute Gasteiger partial charge is 0.184 e. The van der Waals surface area contributed by atoms with Gasteiger partial charge in [-0.3, -0.25) is 0 Å². The quantitative estimate of drug-likeness (QED) is 0.683. The molecule has 1 aromatic carbocycles. The first-order chi connectivity index (χ1) is 13.7. The van der Waals surface area contributed by atoms with Crippen molar-refractivity contribution in [2.24, 2.45) is 0 Å². The Bertz CT molecular complexity index is 580. The maximum Gasteiger partial charge on any atom is 0.184 e. The molecule has 1 fully saturated rings. The van der Waals surface area contributed by atoms with Crippen LogP contribution < -0.4 is 0 Å². The molecule has 1 saturated heterocycles. The molecule has 2 bridgehead atoms. The summed E-state index contributed by atoms with van der Waals surface area (Å²) in [4.78, 5) is 0. The minimum absolute atomic E-state index is 0.337. The lowest BCUT2D eigenvalue weighted by Gasteiger charge is -2.44. The summed E-state index contributed by atoms with van der Waals surface area (Å²) in [7, 11) is 0. The number of aliphatic hydroxyl groups is 1. The third-order valence-electron chi connectivity index (χ3n) is 5.32. The normalized spacial score (nSPS) is 30.6. The molecule has 0 saturated carbocycles. The Kier molecular flexibility index (Phi) is 8.70. The molecular formula is C22H34O6. The van der Waals surface area contributed by atoms with Gasteiger partial charge in [0.15, 0.2) is 6.29 Å². The zero-order valence-corrected chi connectivity index (χ0v) is 17.0. The topological polar surface area (TPSA) is 66.4 Å². The first kappa shape index (κ1) is 21.7. The number of hydrogen-bond acceptors (Lipinski definition) is 6. The average Bonchev–Trinajstić information content (AvgIpc) is 2.70. The fraction of sp³-hybridized carbons (Fsp3) is 0.727. The van der Waals surface area contributed by atoms with Gasteiger partial charge in [0.05, 0.1) is 19.8 Å². The van der Waals surface area contributed by atoms with Crippen molar-refractivity contribution in [1.29, 1.82) is 0 Å². The van der Waals surface area contributed by atoms with E-state index in [2.05, 4.69) is 19.9 Å². The molecule has 5 atom stereocenters. The van der Waals surface area contributed by atoms with Crippen LogP contribution >= 0.6 is 0 Å². The third kappa shape index (κ3) is 5.53. The number of benzene rings is 1. The van der Waals surface area contributed by atoms with Crippen LogP contribution in [0, 0.1) is 0 Å². The van der Waals surface area contributed by atoms with Crippen LogP contribution in [0.15, 0.2) is 24.3 Å². The molecule has 158 valence electrons. The van der Waals surface area contributed by atoms with Crippen molar-refractivity contribution < 1.29 is 28.8 Å². The zero-order chi connectivity index (χ0) is 19.8. The maximum atomic E-state index is 10.6. The molecule has 2 aliphatic heterocycles. The van der Waals surface area contributed by atoms with Gasteiger partial charge in [0.2, 0.25) is 0 Å². The van der Waals surface area contributed by atoms with E-state index in [1.165, 1.54) is 0 Å². The molecule has 1 N–H and O–H groups in total. The van der Waals surface area contributed by atoms with Gasteiger partial charge in [-0.1, -0.05) is 51.0 Å². The number of fused-ring (bicyclic) bond motifs is 3. The zero-order valence-electron chi connectivity index (χ0n) is 17.0. The largest absolute Gasteiger partial charge is 0.374 e. The number of hydrogen-bond donors (Lipinski definition) is 1. The number of ether oxygens (including phenoxy) is 5. The van der Waals surface area contributed by atoms with Gasteiger partial charge in [-0.15, -0.1) is 0 Å². The predicted octanol–water partition coefficient (Wildman–Crippen LogP) is 3.19. The van der Waals surface area contributed by atoms with Crippen molar-refractivity contribution >= 4 is 0 Å². The van der Waals surface area contributed by atoms with Gasteiger partial charge in [0, 0.05) is 13.2 Å². The van der Waals surface area contributed by atoms with Crippen molar-refractivity contribution in [3.05, 3.63) is 35.4 Å². The SMILES string of the molecule is CCCCOC1C2OCc3ccccc3COCC(O[C@H]1O)[C@H]2OCCCC. The summed E-state index contributed by atoms with van der Waals surface area (Å²) in [5.41, 5.74) is 2.19. The second-order valence-corrected chi connectivity index (χ2v) is 7.50. The minimum atomic E-state index is -1.06. The van der Waals surface area contributed by atoms with Gasteiger partial charge in [0.1, 0.15) is 24.4 Å². The van der Waals surface area contributed by atoms with E-state index in [1.807, 2.05) is 18.2 Å². The Morgan fingerprint density at radius 2 is 1.61 bits per heavy atom. The lowest BCUT2D eigenvalue weighted by molar-refractivity contribution is -0.314. The summed E-state index contributed by atoms with van der Waals surface area (Å²) in [6, 6.07) is 8.10. The fourth-order valence-corrected chi connectivity index (χ4v) is 3.64. The number of rotatable bonds is 8. The van der Waals surface area contributed by atoms with Crippen LogP contribution in [0.5, 0.6) is 0 Å². The van der Waals surface area contributed by atoms with Gasteiger partial charge < -0.3 is 28.8 Å². The van der Waals surface area contributed by atoms with E-state index in [9.17, 15) is 5.11 Å². The van der Waals surface area contributed by atoms with Crippen LogP contribution in [0.25, 0.3) is 0 Å². The number of unbranched alkanes of at least 4 members (excludes halogenated alkanes) is 2. The van der Waals surface area contributed by atoms with Gasteiger partial charge in [-0.2, -0.15) is 0 Å². The Morgan fingerprint density at radius 1 is 0.964 bits per heavy atom. The Labute approximate surface area is 168 Å². The summed E-state index contributed by atoms with van der Waals surface area (Å²) < 4.78 is 30.3. The van der Waals surface area contributed by atoms with Crippen LogP contribution in [0.2, 0.25) is 0 Å². The van der Waals surface area contributed by atoms with E-state index in [-0.39, 0.29) is 6.10 Å². The lowest BCUT2D eigenvalue weighted by Crippen LogP contribution is -2.61. The highest BCUT2D eigenvalue weighted by Crippen LogP contribution is 2.30. The van der Waals surface area contributed by atoms with E-state index in [0.717, 1.165) is 36.8 Å². The second kappa shape index (κ2) is 11.2. The molecule has 3 rings (SSSR count). The molecule has 6 nitrogen and oxygen atoms in total. The molecule has 2 heterocycles. The maximum absolute atomic E-state index is 10.6. The van der Waals surface area contributed by atoms with Gasteiger partial charge in [0.25, 0.3) is 0 Å². The van der Waals surface area contributed by atoms with Crippen LogP contribution in [0.3, 0.4) is 0 Å². The third-order valence-corrected chi connectivity index (χ3v) is 5.32. The molecule has 0 amide bonds. The average molecular weight is 395 g/mol. The van der Waals surface area contributed by atoms with Gasteiger partial charge in [-0.25, -0.2) is 0 Å². The molecule has 1 aromatic rings. The summed E-state index contributed by atoms with van der Waals surface area (Å²) in [6.07, 6.45) is 1.16. The molecule has 0 aromatic heterocycles. The van der Waals surface area contributed by atoms with E-state index in [0.29, 0.717) is 33.0 Å². The summed E-state index contributed by atoms with van der Waals surface area (Å²) in [5, 5.41) is 10.6. The van der Waals surface area contributed by atoms with Crippen LogP contribution in [-0.2, 0) is 36.9 Å². The van der Waals surface area contributed by atoms with Crippen LogP contribution in [0.4, 0.5) is 0 Å². The Hall–Kier alpha value is -1.02. The Morgan fingerprint density at radius 3 is 2.29 bits per heavy atom. The minimum Gasteiger partial charge on any atom is -0.374 e. The Balaban J connectivity index is 1.81. The van der Waals surface area contributed by atoms with Crippen LogP contribution in [0.1, 0.15) is 50.7 Å². The van der Waals surface area contributed by atoms with Gasteiger partial charge >= 0.3 is 0 Å². The van der Waals surface area contributed by atoms with Crippen molar-refractivity contribution in [3.8, 4) is 0 Å². The molecule has 0 aliphatic carbocycles. The van der Waals surface area contributed by atoms with Crippen molar-refractivity contribution in [3.63, 3.8) is 0 Å². The molecule has 28 heavy (non-hydrogen) atoms. The van der Waals surface area contributed by atoms with E-state index in [4.69, 9.17) is 23.7 Å². The molecular weight excluding hydrogens is 360 g/mol. The van der Waals surface area contributed by atoms with E-state index in [1.54, 1.807) is 0 Å². The van der Waals surface area contributed by atoms with Crippen molar-refractivity contribution in [1.82, 2.24) is 0 Å². The van der Waals surface area contributed by atoms with Crippen molar-refractivity contribution in [2.45, 2.75) is 83.5 Å². The fourth-order valence-electron chi connectivity index (χ4n) is 3.64. The summed E-state index contributed by atoms with van der Waals surface area (Å²) in [5.74, 6) is 0. The number of aliphatic hydroxyl groups excluding tert-OH is 1. The molecule has 0 spiro atoms. The molecule has 2 aliphatic rings.